The second kappa shape index (κ2) is 5.00. The van der Waals surface area contributed by atoms with Crippen LogP contribution in [0.15, 0.2) is 30.3 Å². The van der Waals surface area contributed by atoms with Crippen LogP contribution in [0.5, 0.6) is 0 Å². The predicted molar refractivity (Wildman–Crippen MR) is 76.7 cm³/mol. The normalized spacial score (nSPS) is 14.8. The second-order valence-electron chi connectivity index (χ2n) is 5.10. The summed E-state index contributed by atoms with van der Waals surface area (Å²) in [5, 5.41) is 13.1. The largest absolute Gasteiger partial charge is 0.476 e. The van der Waals surface area contributed by atoms with E-state index >= 15 is 0 Å². The number of rotatable bonds is 3. The molecule has 2 heterocycles. The van der Waals surface area contributed by atoms with Crippen molar-refractivity contribution >= 4 is 11.7 Å². The molecular formula is C15H17N3O2. The molecule has 1 aromatic heterocycles. The Hall–Kier alpha value is -2.30. The van der Waals surface area contributed by atoms with E-state index in [1.807, 2.05) is 19.1 Å². The zero-order valence-corrected chi connectivity index (χ0v) is 11.4. The molecule has 0 spiro atoms. The number of benzene rings is 1. The topological polar surface area (TPSA) is 58.4 Å². The summed E-state index contributed by atoms with van der Waals surface area (Å²) in [6.07, 6.45) is 2.50. The van der Waals surface area contributed by atoms with E-state index in [4.69, 9.17) is 5.11 Å². The standard InChI is InChI=1S/C15H17N3O2/c1-11-10-14(15(19)20)16-18(11)13-6-4-12(5-7-13)17-8-2-3-9-17/h4-7,10H,2-3,8-9H2,1H3,(H,19,20). The first-order chi connectivity index (χ1) is 9.65. The fourth-order valence-corrected chi connectivity index (χ4v) is 2.62. The molecule has 0 radical (unpaired) electrons. The van der Waals surface area contributed by atoms with Crippen molar-refractivity contribution in [3.8, 4) is 5.69 Å². The molecule has 5 nitrogen and oxygen atoms in total. The summed E-state index contributed by atoms with van der Waals surface area (Å²) in [5.41, 5.74) is 3.00. The van der Waals surface area contributed by atoms with Gasteiger partial charge >= 0.3 is 5.97 Å². The van der Waals surface area contributed by atoms with Crippen LogP contribution in [0.3, 0.4) is 0 Å². The Morgan fingerprint density at radius 3 is 2.30 bits per heavy atom. The fraction of sp³-hybridized carbons (Fsp3) is 0.333. The van der Waals surface area contributed by atoms with Crippen molar-refractivity contribution in [3.05, 3.63) is 41.7 Å². The van der Waals surface area contributed by atoms with Crippen LogP contribution in [-0.2, 0) is 0 Å². The minimum Gasteiger partial charge on any atom is -0.476 e. The number of anilines is 1. The van der Waals surface area contributed by atoms with Gasteiger partial charge < -0.3 is 10.0 Å². The molecular weight excluding hydrogens is 254 g/mol. The molecule has 5 heteroatoms. The van der Waals surface area contributed by atoms with Crippen molar-refractivity contribution in [2.75, 3.05) is 18.0 Å². The highest BCUT2D eigenvalue weighted by molar-refractivity contribution is 5.85. The summed E-state index contributed by atoms with van der Waals surface area (Å²) in [6.45, 7) is 4.08. The molecule has 0 amide bonds. The Balaban J connectivity index is 1.88. The van der Waals surface area contributed by atoms with Crippen molar-refractivity contribution in [1.82, 2.24) is 9.78 Å². The van der Waals surface area contributed by atoms with Gasteiger partial charge in [-0.05, 0) is 50.1 Å². The maximum Gasteiger partial charge on any atom is 0.356 e. The number of nitrogens with zero attached hydrogens (tertiary/aromatic N) is 3. The van der Waals surface area contributed by atoms with E-state index in [1.165, 1.54) is 18.5 Å². The summed E-state index contributed by atoms with van der Waals surface area (Å²) < 4.78 is 1.66. The van der Waals surface area contributed by atoms with Gasteiger partial charge in [0.1, 0.15) is 0 Å². The molecule has 0 atom stereocenters. The van der Waals surface area contributed by atoms with Crippen molar-refractivity contribution < 1.29 is 9.90 Å². The van der Waals surface area contributed by atoms with Crippen LogP contribution in [0.25, 0.3) is 5.69 Å². The van der Waals surface area contributed by atoms with Crippen LogP contribution in [0.1, 0.15) is 29.0 Å². The molecule has 1 aliphatic heterocycles. The predicted octanol–water partition coefficient (Wildman–Crippen LogP) is 2.48. The number of hydrogen-bond donors (Lipinski definition) is 1. The SMILES string of the molecule is Cc1cc(C(=O)O)nn1-c1ccc(N2CCCC2)cc1. The first-order valence-electron chi connectivity index (χ1n) is 6.80. The molecule has 1 N–H and O–H groups in total. The van der Waals surface area contributed by atoms with Crippen LogP contribution in [0.2, 0.25) is 0 Å². The number of aromatic carboxylic acids is 1. The van der Waals surface area contributed by atoms with Gasteiger partial charge in [0, 0.05) is 24.5 Å². The third-order valence-corrected chi connectivity index (χ3v) is 3.67. The fourth-order valence-electron chi connectivity index (χ4n) is 2.62. The third-order valence-electron chi connectivity index (χ3n) is 3.67. The molecule has 0 unspecified atom stereocenters. The lowest BCUT2D eigenvalue weighted by molar-refractivity contribution is 0.0690. The maximum absolute atomic E-state index is 10.9. The first-order valence-corrected chi connectivity index (χ1v) is 6.80. The molecule has 1 saturated heterocycles. The lowest BCUT2D eigenvalue weighted by Crippen LogP contribution is -2.17. The van der Waals surface area contributed by atoms with Crippen LogP contribution in [0.4, 0.5) is 5.69 Å². The van der Waals surface area contributed by atoms with Gasteiger partial charge in [-0.15, -0.1) is 0 Å². The van der Waals surface area contributed by atoms with E-state index in [9.17, 15) is 4.79 Å². The number of hydrogen-bond acceptors (Lipinski definition) is 3. The smallest absolute Gasteiger partial charge is 0.356 e. The summed E-state index contributed by atoms with van der Waals surface area (Å²) >= 11 is 0. The van der Waals surface area contributed by atoms with Crippen LogP contribution in [-0.4, -0.2) is 33.9 Å². The van der Waals surface area contributed by atoms with Gasteiger partial charge in [0.25, 0.3) is 0 Å². The first kappa shape index (κ1) is 12.7. The summed E-state index contributed by atoms with van der Waals surface area (Å²) in [7, 11) is 0. The summed E-state index contributed by atoms with van der Waals surface area (Å²) in [5.74, 6) is -1.000. The zero-order valence-electron chi connectivity index (χ0n) is 11.4. The monoisotopic (exact) mass is 271 g/mol. The molecule has 1 aromatic carbocycles. The average Bonchev–Trinajstić information content (AvgIpc) is 3.08. The lowest BCUT2D eigenvalue weighted by atomic mass is 10.2. The summed E-state index contributed by atoms with van der Waals surface area (Å²) in [6, 6.07) is 9.69. The molecule has 0 bridgehead atoms. The maximum atomic E-state index is 10.9. The highest BCUT2D eigenvalue weighted by Crippen LogP contribution is 2.22. The minimum atomic E-state index is -1.000. The van der Waals surface area contributed by atoms with Gasteiger partial charge in [-0.3, -0.25) is 0 Å². The van der Waals surface area contributed by atoms with Crippen LogP contribution >= 0.6 is 0 Å². The molecule has 104 valence electrons. The van der Waals surface area contributed by atoms with Crippen LogP contribution < -0.4 is 4.90 Å². The Bertz CT molecular complexity index is 625. The number of aryl methyl sites for hydroxylation is 1. The van der Waals surface area contributed by atoms with E-state index in [1.54, 1.807) is 10.7 Å². The Kier molecular flexibility index (Phi) is 3.18. The van der Waals surface area contributed by atoms with E-state index in [-0.39, 0.29) is 5.69 Å². The third kappa shape index (κ3) is 2.27. The van der Waals surface area contributed by atoms with Gasteiger partial charge in [-0.25, -0.2) is 9.48 Å². The number of carboxylic acids is 1. The molecule has 1 fully saturated rings. The lowest BCUT2D eigenvalue weighted by Gasteiger charge is -2.17. The van der Waals surface area contributed by atoms with Gasteiger partial charge in [-0.2, -0.15) is 5.10 Å². The Morgan fingerprint density at radius 1 is 1.15 bits per heavy atom. The Morgan fingerprint density at radius 2 is 1.75 bits per heavy atom. The highest BCUT2D eigenvalue weighted by Gasteiger charge is 2.14. The Labute approximate surface area is 117 Å². The molecule has 0 saturated carbocycles. The average molecular weight is 271 g/mol. The van der Waals surface area contributed by atoms with Crippen molar-refractivity contribution in [2.45, 2.75) is 19.8 Å². The van der Waals surface area contributed by atoms with E-state index in [0.29, 0.717) is 0 Å². The van der Waals surface area contributed by atoms with E-state index in [2.05, 4.69) is 22.1 Å². The van der Waals surface area contributed by atoms with E-state index in [0.717, 1.165) is 24.5 Å². The minimum absolute atomic E-state index is 0.0751. The van der Waals surface area contributed by atoms with Crippen molar-refractivity contribution in [2.24, 2.45) is 0 Å². The number of carboxylic acid groups (broad SMARTS) is 1. The van der Waals surface area contributed by atoms with E-state index < -0.39 is 5.97 Å². The van der Waals surface area contributed by atoms with Gasteiger partial charge in [0.2, 0.25) is 0 Å². The van der Waals surface area contributed by atoms with Gasteiger partial charge in [-0.1, -0.05) is 0 Å². The highest BCUT2D eigenvalue weighted by atomic mass is 16.4. The molecule has 3 rings (SSSR count). The van der Waals surface area contributed by atoms with Crippen LogP contribution in [0, 0.1) is 6.92 Å². The molecule has 1 aliphatic rings. The summed E-state index contributed by atoms with van der Waals surface area (Å²) in [4.78, 5) is 13.3. The second-order valence-corrected chi connectivity index (χ2v) is 5.10. The molecule has 20 heavy (non-hydrogen) atoms. The zero-order chi connectivity index (χ0) is 14.1. The van der Waals surface area contributed by atoms with Crippen molar-refractivity contribution in [1.29, 1.82) is 0 Å². The van der Waals surface area contributed by atoms with Crippen molar-refractivity contribution in [3.63, 3.8) is 0 Å². The number of carbonyl (C=O) groups is 1. The number of aromatic nitrogens is 2. The molecule has 0 aliphatic carbocycles. The quantitative estimate of drug-likeness (QED) is 0.931. The van der Waals surface area contributed by atoms with Gasteiger partial charge in [0.15, 0.2) is 5.69 Å². The molecule has 2 aromatic rings. The van der Waals surface area contributed by atoms with Gasteiger partial charge in [0.05, 0.1) is 5.69 Å².